The van der Waals surface area contributed by atoms with Gasteiger partial charge in [-0.3, -0.25) is 9.78 Å². The Bertz CT molecular complexity index is 1150. The predicted octanol–water partition coefficient (Wildman–Crippen LogP) is 2.67. The molecular weight excluding hydrogens is 359 g/mol. The zero-order valence-electron chi connectivity index (χ0n) is 17.4. The molecule has 3 aromatic heterocycles. The fourth-order valence-electron chi connectivity index (χ4n) is 3.95. The maximum atomic E-state index is 14.2. The van der Waals surface area contributed by atoms with E-state index in [-0.39, 0.29) is 24.9 Å². The van der Waals surface area contributed by atoms with Crippen LogP contribution in [0.4, 0.5) is 10.2 Å². The summed E-state index contributed by atoms with van der Waals surface area (Å²) >= 11 is 0. The van der Waals surface area contributed by atoms with E-state index in [0.29, 0.717) is 41.1 Å². The van der Waals surface area contributed by atoms with E-state index in [4.69, 9.17) is 2.74 Å². The van der Waals surface area contributed by atoms with Crippen LogP contribution < -0.4 is 10.2 Å². The Morgan fingerprint density at radius 2 is 2.25 bits per heavy atom. The van der Waals surface area contributed by atoms with Gasteiger partial charge in [0.1, 0.15) is 17.2 Å². The third-order valence-corrected chi connectivity index (χ3v) is 5.41. The summed E-state index contributed by atoms with van der Waals surface area (Å²) in [7, 11) is 0. The van der Waals surface area contributed by atoms with Crippen molar-refractivity contribution < 1.29 is 11.9 Å². The molecule has 1 N–H and O–H groups in total. The number of anilines is 1. The van der Waals surface area contributed by atoms with Crippen LogP contribution in [-0.2, 0) is 6.42 Å². The number of pyridine rings is 1. The van der Waals surface area contributed by atoms with Crippen LogP contribution in [0.1, 0.15) is 56.5 Å². The molecule has 1 fully saturated rings. The summed E-state index contributed by atoms with van der Waals surface area (Å²) in [4.78, 5) is 23.6. The summed E-state index contributed by atoms with van der Waals surface area (Å²) in [6.07, 6.45) is 4.28. The van der Waals surface area contributed by atoms with Gasteiger partial charge in [0, 0.05) is 27.2 Å². The Morgan fingerprint density at radius 3 is 3.14 bits per heavy atom. The fourth-order valence-corrected chi connectivity index (χ4v) is 3.95. The van der Waals surface area contributed by atoms with E-state index in [0.717, 1.165) is 0 Å². The summed E-state index contributed by atoms with van der Waals surface area (Å²) in [5, 5.41) is 7.18. The molecule has 0 spiro atoms. The van der Waals surface area contributed by atoms with Gasteiger partial charge in [-0.15, -0.1) is 0 Å². The molecule has 28 heavy (non-hydrogen) atoms. The van der Waals surface area contributed by atoms with Crippen molar-refractivity contribution in [3.63, 3.8) is 0 Å². The smallest absolute Gasteiger partial charge is 0.256 e. The summed E-state index contributed by atoms with van der Waals surface area (Å²) in [5.41, 5.74) is 2.15. The average Bonchev–Trinajstić information content (AvgIpc) is 3.26. The molecule has 0 aromatic carbocycles. The lowest BCUT2D eigenvalue weighted by Crippen LogP contribution is -2.33. The molecule has 7 nitrogen and oxygen atoms in total. The highest BCUT2D eigenvalue weighted by atomic mass is 19.1. The number of nitrogens with zero attached hydrogens (tertiary/aromatic N) is 5. The number of amides is 1. The van der Waals surface area contributed by atoms with Crippen molar-refractivity contribution in [3.8, 4) is 0 Å². The Balaban J connectivity index is 1.71. The molecule has 1 amide bonds. The quantitative estimate of drug-likeness (QED) is 0.647. The number of rotatable bonds is 0. The van der Waals surface area contributed by atoms with Crippen molar-refractivity contribution in [1.82, 2.24) is 24.9 Å². The summed E-state index contributed by atoms with van der Waals surface area (Å²) < 4.78 is 32.4. The van der Waals surface area contributed by atoms with Crippen LogP contribution in [0, 0.1) is 5.82 Å². The molecule has 2 bridgehead atoms. The molecule has 3 aromatic rings. The average molecular weight is 382 g/mol. The zero-order valence-corrected chi connectivity index (χ0v) is 15.4. The number of hydrogen-bond acceptors (Lipinski definition) is 5. The van der Waals surface area contributed by atoms with E-state index in [2.05, 4.69) is 20.4 Å². The molecule has 2 aliphatic rings. The van der Waals surface area contributed by atoms with Crippen LogP contribution in [0.25, 0.3) is 5.65 Å². The van der Waals surface area contributed by atoms with Crippen LogP contribution in [0.15, 0.2) is 30.7 Å². The summed E-state index contributed by atoms with van der Waals surface area (Å²) in [6, 6.07) is 2.65. The molecule has 0 saturated carbocycles. The lowest BCUT2D eigenvalue weighted by molar-refractivity contribution is 0.0940. The van der Waals surface area contributed by atoms with Gasteiger partial charge in [0.15, 0.2) is 5.65 Å². The van der Waals surface area contributed by atoms with Crippen LogP contribution in [-0.4, -0.2) is 38.1 Å². The molecule has 5 heterocycles. The molecule has 8 heteroatoms. The van der Waals surface area contributed by atoms with Crippen molar-refractivity contribution in [2.45, 2.75) is 44.6 Å². The Hall–Kier alpha value is -3.03. The van der Waals surface area contributed by atoms with E-state index < -0.39 is 18.2 Å². The van der Waals surface area contributed by atoms with Gasteiger partial charge in [0.05, 0.1) is 18.4 Å². The summed E-state index contributed by atoms with van der Waals surface area (Å²) in [5.74, 6) is -0.193. The lowest BCUT2D eigenvalue weighted by atomic mass is 9.98. The van der Waals surface area contributed by atoms with Crippen LogP contribution >= 0.6 is 0 Å². The van der Waals surface area contributed by atoms with Gasteiger partial charge in [-0.25, -0.2) is 13.9 Å². The van der Waals surface area contributed by atoms with Crippen molar-refractivity contribution in [1.29, 1.82) is 0 Å². The highest BCUT2D eigenvalue weighted by molar-refractivity contribution is 5.99. The standard InChI is InChI=1S/C20H21FN6O/c1-12-4-5-16-14(9-13(21)10-22-16)17-3-2-7-26(17)18-6-8-27-19(25-18)15(11-23-27)20(28)24-12/h6,8-12,17H,2-5,7H2,1H3,(H,24,28)/t12-,17?/m1/s1/i2D2. The second-order valence-electron chi connectivity index (χ2n) is 7.31. The SMILES string of the molecule is [2H]C1([2H])CC2c3cc(F)cnc3CC[C@@H](C)NC(=O)c3cnn4ccc(nc34)N2C1. The summed E-state index contributed by atoms with van der Waals surface area (Å²) in [6.45, 7) is 2.02. The number of fused-ring (bicyclic) bond motifs is 5. The second kappa shape index (κ2) is 6.54. The molecule has 2 aliphatic heterocycles. The van der Waals surface area contributed by atoms with Crippen LogP contribution in [0.2, 0.25) is 0 Å². The zero-order chi connectivity index (χ0) is 21.0. The van der Waals surface area contributed by atoms with Crippen LogP contribution in [0.3, 0.4) is 0 Å². The van der Waals surface area contributed by atoms with Crippen molar-refractivity contribution in [3.05, 3.63) is 53.4 Å². The molecule has 5 rings (SSSR count). The van der Waals surface area contributed by atoms with Crippen molar-refractivity contribution >= 4 is 17.4 Å². The van der Waals surface area contributed by atoms with Gasteiger partial charge in [-0.1, -0.05) is 0 Å². The normalized spacial score (nSPS) is 25.1. The Morgan fingerprint density at radius 1 is 1.36 bits per heavy atom. The first-order chi connectivity index (χ1) is 14.3. The minimum atomic E-state index is -1.47. The molecule has 0 radical (unpaired) electrons. The second-order valence-corrected chi connectivity index (χ2v) is 7.31. The van der Waals surface area contributed by atoms with E-state index >= 15 is 0 Å². The highest BCUT2D eigenvalue weighted by Crippen LogP contribution is 2.37. The van der Waals surface area contributed by atoms with E-state index in [9.17, 15) is 9.18 Å². The third-order valence-electron chi connectivity index (χ3n) is 5.41. The van der Waals surface area contributed by atoms with E-state index in [1.165, 1.54) is 23.0 Å². The Kier molecular flexibility index (Phi) is 3.49. The Labute approximate surface area is 164 Å². The monoisotopic (exact) mass is 382 g/mol. The number of carbonyl (C=O) groups excluding carboxylic acids is 1. The molecule has 2 atom stereocenters. The van der Waals surface area contributed by atoms with Gasteiger partial charge in [-0.05, 0) is 50.3 Å². The van der Waals surface area contributed by atoms with Gasteiger partial charge >= 0.3 is 0 Å². The maximum absolute atomic E-state index is 14.2. The number of aryl methyl sites for hydroxylation is 1. The molecule has 0 aliphatic carbocycles. The van der Waals surface area contributed by atoms with Crippen molar-refractivity contribution in [2.24, 2.45) is 0 Å². The number of halogens is 1. The fraction of sp³-hybridized carbons (Fsp3) is 0.400. The van der Waals surface area contributed by atoms with Gasteiger partial charge < -0.3 is 10.2 Å². The highest BCUT2D eigenvalue weighted by Gasteiger charge is 2.31. The van der Waals surface area contributed by atoms with E-state index in [1.54, 1.807) is 12.3 Å². The molecular formula is C20H21FN6O. The topological polar surface area (TPSA) is 75.4 Å². The van der Waals surface area contributed by atoms with Gasteiger partial charge in [-0.2, -0.15) is 5.10 Å². The number of carbonyl (C=O) groups is 1. The molecule has 1 saturated heterocycles. The first kappa shape index (κ1) is 15.0. The molecule has 1 unspecified atom stereocenters. The minimum absolute atomic E-state index is 0.114. The lowest BCUT2D eigenvalue weighted by Gasteiger charge is -2.27. The third kappa shape index (κ3) is 2.80. The first-order valence-electron chi connectivity index (χ1n) is 10.4. The van der Waals surface area contributed by atoms with Gasteiger partial charge in [0.2, 0.25) is 0 Å². The largest absolute Gasteiger partial charge is 0.349 e. The molecule has 144 valence electrons. The van der Waals surface area contributed by atoms with Crippen molar-refractivity contribution in [2.75, 3.05) is 11.4 Å². The maximum Gasteiger partial charge on any atom is 0.256 e. The van der Waals surface area contributed by atoms with E-state index in [1.807, 2.05) is 11.8 Å². The van der Waals surface area contributed by atoms with Crippen LogP contribution in [0.5, 0.6) is 0 Å². The minimum Gasteiger partial charge on any atom is -0.349 e. The number of hydrogen-bond donors (Lipinski definition) is 1. The predicted molar refractivity (Wildman–Crippen MR) is 102 cm³/mol. The first-order valence-corrected chi connectivity index (χ1v) is 9.37. The van der Waals surface area contributed by atoms with Gasteiger partial charge in [0.25, 0.3) is 5.91 Å². The number of aromatic nitrogens is 4. The number of nitrogens with one attached hydrogen (secondary N) is 1.